The highest BCUT2D eigenvalue weighted by molar-refractivity contribution is 7.92. The van der Waals surface area contributed by atoms with Crippen molar-refractivity contribution in [3.05, 3.63) is 24.1 Å². The second kappa shape index (κ2) is 3.79. The summed E-state index contributed by atoms with van der Waals surface area (Å²) in [6.07, 6.45) is 1.82. The van der Waals surface area contributed by atoms with Crippen LogP contribution in [-0.2, 0) is 16.4 Å². The zero-order valence-electron chi connectivity index (χ0n) is 9.02. The Morgan fingerprint density at radius 3 is 2.81 bits per heavy atom. The molecule has 0 spiro atoms. The SMILES string of the molecule is CCc1nc2cc(NS(C)(=O)=O)ccc2o1. The van der Waals surface area contributed by atoms with Crippen molar-refractivity contribution in [2.24, 2.45) is 0 Å². The third kappa shape index (κ3) is 2.33. The summed E-state index contributed by atoms with van der Waals surface area (Å²) in [5, 5.41) is 0. The van der Waals surface area contributed by atoms with Gasteiger partial charge in [-0.15, -0.1) is 0 Å². The van der Waals surface area contributed by atoms with Crippen LogP contribution in [0.4, 0.5) is 5.69 Å². The first kappa shape index (κ1) is 10.9. The maximum Gasteiger partial charge on any atom is 0.229 e. The molecule has 0 atom stereocenters. The van der Waals surface area contributed by atoms with Crippen molar-refractivity contribution in [2.45, 2.75) is 13.3 Å². The van der Waals surface area contributed by atoms with Crippen LogP contribution in [0.2, 0.25) is 0 Å². The summed E-state index contributed by atoms with van der Waals surface area (Å²) in [6, 6.07) is 5.00. The Morgan fingerprint density at radius 1 is 1.44 bits per heavy atom. The molecular weight excluding hydrogens is 228 g/mol. The van der Waals surface area contributed by atoms with Gasteiger partial charge in [0.05, 0.1) is 11.9 Å². The average Bonchev–Trinajstić information content (AvgIpc) is 2.57. The highest BCUT2D eigenvalue weighted by Crippen LogP contribution is 2.20. The number of fused-ring (bicyclic) bond motifs is 1. The van der Waals surface area contributed by atoms with E-state index in [2.05, 4.69) is 9.71 Å². The number of nitrogens with one attached hydrogen (secondary N) is 1. The Morgan fingerprint density at radius 2 is 2.19 bits per heavy atom. The standard InChI is InChI=1S/C10H12N2O3S/c1-3-10-11-8-6-7(12-16(2,13)14)4-5-9(8)15-10/h4-6,12H,3H2,1-2H3. The molecule has 0 radical (unpaired) electrons. The van der Waals surface area contributed by atoms with E-state index in [9.17, 15) is 8.42 Å². The molecule has 2 aromatic rings. The molecule has 2 rings (SSSR count). The largest absolute Gasteiger partial charge is 0.441 e. The molecule has 0 unspecified atom stereocenters. The van der Waals surface area contributed by atoms with Gasteiger partial charge in [-0.05, 0) is 18.2 Å². The van der Waals surface area contributed by atoms with Crippen LogP contribution in [-0.4, -0.2) is 19.7 Å². The van der Waals surface area contributed by atoms with Crippen LogP contribution in [0.15, 0.2) is 22.6 Å². The first-order chi connectivity index (χ1) is 7.48. The molecule has 1 N–H and O–H groups in total. The van der Waals surface area contributed by atoms with Crippen LogP contribution in [0.25, 0.3) is 11.1 Å². The molecule has 1 heterocycles. The number of nitrogens with zero attached hydrogens (tertiary/aromatic N) is 1. The van der Waals surface area contributed by atoms with E-state index in [4.69, 9.17) is 4.42 Å². The maximum absolute atomic E-state index is 11.0. The van der Waals surface area contributed by atoms with E-state index in [-0.39, 0.29) is 0 Å². The van der Waals surface area contributed by atoms with Crippen molar-refractivity contribution >= 4 is 26.8 Å². The predicted octanol–water partition coefficient (Wildman–Crippen LogP) is 1.76. The summed E-state index contributed by atoms with van der Waals surface area (Å²) in [7, 11) is -3.25. The van der Waals surface area contributed by atoms with Gasteiger partial charge < -0.3 is 4.42 Å². The Hall–Kier alpha value is -1.56. The van der Waals surface area contributed by atoms with Gasteiger partial charge in [0.25, 0.3) is 0 Å². The van der Waals surface area contributed by atoms with Crippen LogP contribution in [0.5, 0.6) is 0 Å². The molecule has 5 nitrogen and oxygen atoms in total. The molecule has 1 aromatic heterocycles. The second-order valence-electron chi connectivity index (χ2n) is 3.52. The minimum absolute atomic E-state index is 0.492. The first-order valence-electron chi connectivity index (χ1n) is 4.85. The van der Waals surface area contributed by atoms with Gasteiger partial charge >= 0.3 is 0 Å². The molecule has 0 fully saturated rings. The third-order valence-corrected chi connectivity index (χ3v) is 2.64. The van der Waals surface area contributed by atoms with E-state index < -0.39 is 10.0 Å². The van der Waals surface area contributed by atoms with Gasteiger partial charge in [-0.25, -0.2) is 13.4 Å². The Kier molecular flexibility index (Phi) is 2.59. The number of aromatic nitrogens is 1. The van der Waals surface area contributed by atoms with Crippen molar-refractivity contribution in [2.75, 3.05) is 11.0 Å². The topological polar surface area (TPSA) is 72.2 Å². The van der Waals surface area contributed by atoms with Crippen LogP contribution in [0, 0.1) is 0 Å². The fraction of sp³-hybridized carbons (Fsp3) is 0.300. The van der Waals surface area contributed by atoms with Gasteiger partial charge in [0.15, 0.2) is 11.5 Å². The van der Waals surface area contributed by atoms with Gasteiger partial charge in [0.2, 0.25) is 10.0 Å². The number of benzene rings is 1. The molecule has 0 amide bonds. The number of oxazole rings is 1. The Balaban J connectivity index is 2.43. The van der Waals surface area contributed by atoms with Crippen LogP contribution in [0.1, 0.15) is 12.8 Å². The average molecular weight is 240 g/mol. The quantitative estimate of drug-likeness (QED) is 0.887. The molecule has 1 aromatic carbocycles. The third-order valence-electron chi connectivity index (χ3n) is 2.04. The van der Waals surface area contributed by atoms with Crippen LogP contribution in [0.3, 0.4) is 0 Å². The normalized spacial score (nSPS) is 11.9. The highest BCUT2D eigenvalue weighted by atomic mass is 32.2. The summed E-state index contributed by atoms with van der Waals surface area (Å²) >= 11 is 0. The molecular formula is C10H12N2O3S. The number of sulfonamides is 1. The monoisotopic (exact) mass is 240 g/mol. The number of aryl methyl sites for hydroxylation is 1. The van der Waals surface area contributed by atoms with Gasteiger partial charge in [0, 0.05) is 6.42 Å². The summed E-state index contributed by atoms with van der Waals surface area (Å²) in [5.41, 5.74) is 1.81. The fourth-order valence-corrected chi connectivity index (χ4v) is 1.96. The molecule has 86 valence electrons. The van der Waals surface area contributed by atoms with Crippen molar-refractivity contribution in [3.63, 3.8) is 0 Å². The number of hydrogen-bond acceptors (Lipinski definition) is 4. The zero-order valence-corrected chi connectivity index (χ0v) is 9.84. The van der Waals surface area contributed by atoms with Crippen LogP contribution < -0.4 is 4.72 Å². The smallest absolute Gasteiger partial charge is 0.229 e. The highest BCUT2D eigenvalue weighted by Gasteiger charge is 2.07. The van der Waals surface area contributed by atoms with Crippen molar-refractivity contribution in [1.29, 1.82) is 0 Å². The summed E-state index contributed by atoms with van der Waals surface area (Å²) in [4.78, 5) is 4.22. The van der Waals surface area contributed by atoms with Gasteiger partial charge in [-0.1, -0.05) is 6.92 Å². The molecule has 0 saturated carbocycles. The summed E-state index contributed by atoms with van der Waals surface area (Å²) < 4.78 is 29.9. The van der Waals surface area contributed by atoms with Gasteiger partial charge in [0.1, 0.15) is 5.52 Å². The van der Waals surface area contributed by atoms with E-state index in [1.54, 1.807) is 18.2 Å². The van der Waals surface area contributed by atoms with Gasteiger partial charge in [-0.2, -0.15) is 0 Å². The maximum atomic E-state index is 11.0. The van der Waals surface area contributed by atoms with Crippen LogP contribution >= 0.6 is 0 Å². The minimum atomic E-state index is -3.25. The molecule has 0 aliphatic carbocycles. The van der Waals surface area contributed by atoms with Crippen molar-refractivity contribution in [1.82, 2.24) is 4.98 Å². The molecule has 16 heavy (non-hydrogen) atoms. The summed E-state index contributed by atoms with van der Waals surface area (Å²) in [5.74, 6) is 0.645. The van der Waals surface area contributed by atoms with Gasteiger partial charge in [-0.3, -0.25) is 4.72 Å². The van der Waals surface area contributed by atoms with E-state index in [1.807, 2.05) is 6.92 Å². The van der Waals surface area contributed by atoms with E-state index in [0.717, 1.165) is 6.26 Å². The first-order valence-corrected chi connectivity index (χ1v) is 6.74. The second-order valence-corrected chi connectivity index (χ2v) is 5.27. The number of anilines is 1. The minimum Gasteiger partial charge on any atom is -0.441 e. The number of rotatable bonds is 3. The Labute approximate surface area is 93.5 Å². The lowest BCUT2D eigenvalue weighted by Crippen LogP contribution is -2.09. The number of hydrogen-bond donors (Lipinski definition) is 1. The predicted molar refractivity (Wildman–Crippen MR) is 61.9 cm³/mol. The van der Waals surface area contributed by atoms with E-state index in [1.165, 1.54) is 0 Å². The molecule has 0 bridgehead atoms. The molecule has 0 aliphatic rings. The Bertz CT molecular complexity index is 616. The molecule has 6 heteroatoms. The molecule has 0 saturated heterocycles. The van der Waals surface area contributed by atoms with E-state index >= 15 is 0 Å². The molecule has 0 aliphatic heterocycles. The fourth-order valence-electron chi connectivity index (χ4n) is 1.40. The van der Waals surface area contributed by atoms with Crippen molar-refractivity contribution < 1.29 is 12.8 Å². The summed E-state index contributed by atoms with van der Waals surface area (Å²) in [6.45, 7) is 1.94. The zero-order chi connectivity index (χ0) is 11.8. The lowest BCUT2D eigenvalue weighted by atomic mass is 10.3. The lowest BCUT2D eigenvalue weighted by molar-refractivity contribution is 0.538. The van der Waals surface area contributed by atoms with Crippen molar-refractivity contribution in [3.8, 4) is 0 Å². The lowest BCUT2D eigenvalue weighted by Gasteiger charge is -2.01. The van der Waals surface area contributed by atoms with E-state index in [0.29, 0.717) is 29.1 Å².